The molecule has 1 aliphatic rings. The van der Waals surface area contributed by atoms with Crippen LogP contribution in [-0.4, -0.2) is 31.9 Å². The lowest BCUT2D eigenvalue weighted by Gasteiger charge is -2.34. The summed E-state index contributed by atoms with van der Waals surface area (Å²) in [6, 6.07) is 11.4. The minimum Gasteiger partial charge on any atom is -0.508 e. The lowest BCUT2D eigenvalue weighted by Crippen LogP contribution is -2.39. The summed E-state index contributed by atoms with van der Waals surface area (Å²) < 4.78 is 11.5. The van der Waals surface area contributed by atoms with Gasteiger partial charge in [-0.2, -0.15) is 0 Å². The number of phenols is 1. The molecule has 0 spiro atoms. The van der Waals surface area contributed by atoms with Crippen molar-refractivity contribution in [2.45, 2.75) is 19.4 Å². The van der Waals surface area contributed by atoms with Gasteiger partial charge in [0.15, 0.2) is 0 Å². The standard InChI is InChI=1S/C18H21NO3/c1-12-4-7-17(21-3)13(8-12)9-15-11-19(2)16-6-5-14(20)10-18(16)22-15/h4-8,10,15,20H,9,11H2,1-3H3. The number of hydrogen-bond donors (Lipinski definition) is 1. The minimum atomic E-state index is 0.0231. The molecule has 4 heteroatoms. The number of likely N-dealkylation sites (N-methyl/N-ethyl adjacent to an activating group) is 1. The first kappa shape index (κ1) is 14.6. The zero-order chi connectivity index (χ0) is 15.7. The average Bonchev–Trinajstić information content (AvgIpc) is 2.47. The van der Waals surface area contributed by atoms with Crippen LogP contribution in [-0.2, 0) is 6.42 Å². The smallest absolute Gasteiger partial charge is 0.146 e. The van der Waals surface area contributed by atoms with Gasteiger partial charge in [0.25, 0.3) is 0 Å². The van der Waals surface area contributed by atoms with E-state index in [1.807, 2.05) is 25.2 Å². The van der Waals surface area contributed by atoms with E-state index in [0.29, 0.717) is 0 Å². The van der Waals surface area contributed by atoms with E-state index >= 15 is 0 Å². The van der Waals surface area contributed by atoms with Crippen LogP contribution in [0.2, 0.25) is 0 Å². The summed E-state index contributed by atoms with van der Waals surface area (Å²) in [5.41, 5.74) is 3.35. The topological polar surface area (TPSA) is 41.9 Å². The molecule has 1 N–H and O–H groups in total. The summed E-state index contributed by atoms with van der Waals surface area (Å²) in [6.45, 7) is 2.87. The van der Waals surface area contributed by atoms with Crippen molar-refractivity contribution in [2.24, 2.45) is 0 Å². The molecule has 0 saturated carbocycles. The second-order valence-corrected chi connectivity index (χ2v) is 5.79. The highest BCUT2D eigenvalue weighted by atomic mass is 16.5. The number of fused-ring (bicyclic) bond motifs is 1. The van der Waals surface area contributed by atoms with Gasteiger partial charge in [0.05, 0.1) is 19.3 Å². The Morgan fingerprint density at radius 2 is 2.09 bits per heavy atom. The van der Waals surface area contributed by atoms with Crippen LogP contribution in [0.4, 0.5) is 5.69 Å². The first-order chi connectivity index (χ1) is 10.6. The van der Waals surface area contributed by atoms with Crippen molar-refractivity contribution in [3.63, 3.8) is 0 Å². The van der Waals surface area contributed by atoms with Crippen LogP contribution in [0.15, 0.2) is 36.4 Å². The van der Waals surface area contributed by atoms with E-state index in [2.05, 4.69) is 17.9 Å². The third-order valence-electron chi connectivity index (χ3n) is 4.01. The van der Waals surface area contributed by atoms with E-state index in [1.165, 1.54) is 5.56 Å². The molecule has 0 aliphatic carbocycles. The predicted octanol–water partition coefficient (Wildman–Crippen LogP) is 3.15. The molecule has 0 fully saturated rings. The van der Waals surface area contributed by atoms with Crippen molar-refractivity contribution >= 4 is 5.69 Å². The SMILES string of the molecule is COc1ccc(C)cc1CC1CN(C)c2ccc(O)cc2O1. The van der Waals surface area contributed by atoms with E-state index in [4.69, 9.17) is 9.47 Å². The van der Waals surface area contributed by atoms with Gasteiger partial charge in [-0.3, -0.25) is 0 Å². The van der Waals surface area contributed by atoms with Crippen LogP contribution >= 0.6 is 0 Å². The summed E-state index contributed by atoms with van der Waals surface area (Å²) in [5, 5.41) is 9.65. The van der Waals surface area contributed by atoms with Crippen molar-refractivity contribution < 1.29 is 14.6 Å². The van der Waals surface area contributed by atoms with Gasteiger partial charge in [0, 0.05) is 19.5 Å². The van der Waals surface area contributed by atoms with Crippen LogP contribution in [0.1, 0.15) is 11.1 Å². The number of phenolic OH excluding ortho intramolecular Hbond substituents is 1. The van der Waals surface area contributed by atoms with Crippen LogP contribution in [0.5, 0.6) is 17.2 Å². The van der Waals surface area contributed by atoms with Gasteiger partial charge in [-0.25, -0.2) is 0 Å². The van der Waals surface area contributed by atoms with Gasteiger partial charge in [-0.05, 0) is 30.7 Å². The Bertz CT molecular complexity index is 684. The quantitative estimate of drug-likeness (QED) is 0.945. The molecule has 0 saturated heterocycles. The molecule has 2 aromatic rings. The van der Waals surface area contributed by atoms with Crippen molar-refractivity contribution in [1.29, 1.82) is 0 Å². The number of hydrogen-bond acceptors (Lipinski definition) is 4. The molecular formula is C18H21NO3. The molecular weight excluding hydrogens is 278 g/mol. The summed E-state index contributed by atoms with van der Waals surface area (Å²) in [5.74, 6) is 1.84. The van der Waals surface area contributed by atoms with E-state index in [9.17, 15) is 5.11 Å². The number of aryl methyl sites for hydroxylation is 1. The van der Waals surface area contributed by atoms with Crippen LogP contribution in [0.25, 0.3) is 0 Å². The fourth-order valence-electron chi connectivity index (χ4n) is 2.95. The Kier molecular flexibility index (Phi) is 3.84. The second kappa shape index (κ2) is 5.79. The molecule has 4 nitrogen and oxygen atoms in total. The normalized spacial score (nSPS) is 16.9. The van der Waals surface area contributed by atoms with E-state index in [1.54, 1.807) is 19.2 Å². The van der Waals surface area contributed by atoms with Crippen molar-refractivity contribution in [3.05, 3.63) is 47.5 Å². The van der Waals surface area contributed by atoms with Crippen LogP contribution < -0.4 is 14.4 Å². The molecule has 3 rings (SSSR count). The molecule has 1 atom stereocenters. The highest BCUT2D eigenvalue weighted by Gasteiger charge is 2.25. The zero-order valence-electron chi connectivity index (χ0n) is 13.2. The molecule has 0 bridgehead atoms. The summed E-state index contributed by atoms with van der Waals surface area (Å²) in [6.07, 6.45) is 0.791. The Morgan fingerprint density at radius 1 is 1.27 bits per heavy atom. The predicted molar refractivity (Wildman–Crippen MR) is 87.2 cm³/mol. The summed E-state index contributed by atoms with van der Waals surface area (Å²) >= 11 is 0. The Hall–Kier alpha value is -2.36. The first-order valence-corrected chi connectivity index (χ1v) is 7.41. The molecule has 1 unspecified atom stereocenters. The van der Waals surface area contributed by atoms with E-state index in [-0.39, 0.29) is 11.9 Å². The molecule has 1 heterocycles. The number of methoxy groups -OCH3 is 1. The molecule has 0 radical (unpaired) electrons. The Labute approximate surface area is 130 Å². The fraction of sp³-hybridized carbons (Fsp3) is 0.333. The van der Waals surface area contributed by atoms with Gasteiger partial charge in [-0.1, -0.05) is 17.7 Å². The monoisotopic (exact) mass is 299 g/mol. The van der Waals surface area contributed by atoms with Gasteiger partial charge in [0.1, 0.15) is 23.4 Å². The van der Waals surface area contributed by atoms with Crippen LogP contribution in [0, 0.1) is 6.92 Å². The third kappa shape index (κ3) is 2.82. The number of benzene rings is 2. The molecule has 2 aromatic carbocycles. The van der Waals surface area contributed by atoms with Gasteiger partial charge in [-0.15, -0.1) is 0 Å². The van der Waals surface area contributed by atoms with Gasteiger partial charge in [0.2, 0.25) is 0 Å². The average molecular weight is 299 g/mol. The highest BCUT2D eigenvalue weighted by molar-refractivity contribution is 5.62. The van der Waals surface area contributed by atoms with Crippen LogP contribution in [0.3, 0.4) is 0 Å². The fourth-order valence-corrected chi connectivity index (χ4v) is 2.95. The van der Waals surface area contributed by atoms with Crippen molar-refractivity contribution in [3.8, 4) is 17.2 Å². The second-order valence-electron chi connectivity index (χ2n) is 5.79. The lowest BCUT2D eigenvalue weighted by molar-refractivity contribution is 0.194. The largest absolute Gasteiger partial charge is 0.508 e. The van der Waals surface area contributed by atoms with E-state index in [0.717, 1.165) is 35.7 Å². The lowest BCUT2D eigenvalue weighted by atomic mass is 10.0. The Balaban J connectivity index is 1.84. The third-order valence-corrected chi connectivity index (χ3v) is 4.01. The number of nitrogens with zero attached hydrogens (tertiary/aromatic N) is 1. The molecule has 116 valence electrons. The molecule has 1 aliphatic heterocycles. The maximum Gasteiger partial charge on any atom is 0.146 e. The Morgan fingerprint density at radius 3 is 2.86 bits per heavy atom. The zero-order valence-corrected chi connectivity index (χ0v) is 13.2. The molecule has 22 heavy (non-hydrogen) atoms. The number of rotatable bonds is 3. The molecule has 0 amide bonds. The van der Waals surface area contributed by atoms with E-state index < -0.39 is 0 Å². The van der Waals surface area contributed by atoms with Crippen molar-refractivity contribution in [2.75, 3.05) is 25.6 Å². The van der Waals surface area contributed by atoms with Gasteiger partial charge < -0.3 is 19.5 Å². The minimum absolute atomic E-state index is 0.0231. The van der Waals surface area contributed by atoms with Crippen molar-refractivity contribution in [1.82, 2.24) is 0 Å². The number of anilines is 1. The molecule has 0 aromatic heterocycles. The number of aromatic hydroxyl groups is 1. The highest BCUT2D eigenvalue weighted by Crippen LogP contribution is 2.36. The van der Waals surface area contributed by atoms with Gasteiger partial charge >= 0.3 is 0 Å². The maximum absolute atomic E-state index is 9.65. The number of ether oxygens (including phenoxy) is 2. The summed E-state index contributed by atoms with van der Waals surface area (Å²) in [4.78, 5) is 2.16. The maximum atomic E-state index is 9.65. The first-order valence-electron chi connectivity index (χ1n) is 7.41. The summed E-state index contributed by atoms with van der Waals surface area (Å²) in [7, 11) is 3.73.